The van der Waals surface area contributed by atoms with E-state index in [9.17, 15) is 13.2 Å². The summed E-state index contributed by atoms with van der Waals surface area (Å²) < 4.78 is 23.2. The van der Waals surface area contributed by atoms with Gasteiger partial charge < -0.3 is 10.6 Å². The van der Waals surface area contributed by atoms with Crippen LogP contribution >= 0.6 is 12.4 Å². The molecule has 1 unspecified atom stereocenters. The van der Waals surface area contributed by atoms with Crippen LogP contribution in [0.4, 0.5) is 0 Å². The minimum Gasteiger partial charge on any atom is -0.342 e. The molecule has 0 heterocycles. The van der Waals surface area contributed by atoms with Crippen molar-refractivity contribution in [3.05, 3.63) is 0 Å². The van der Waals surface area contributed by atoms with E-state index in [1.54, 1.807) is 25.8 Å². The van der Waals surface area contributed by atoms with E-state index in [4.69, 9.17) is 5.73 Å². The molecule has 1 aliphatic rings. The molecule has 7 heteroatoms. The zero-order valence-electron chi connectivity index (χ0n) is 12.5. The van der Waals surface area contributed by atoms with Gasteiger partial charge in [0.2, 0.25) is 5.91 Å². The van der Waals surface area contributed by atoms with Gasteiger partial charge in [0.25, 0.3) is 0 Å². The summed E-state index contributed by atoms with van der Waals surface area (Å²) in [6.07, 6.45) is 3.51. The molecule has 1 amide bonds. The zero-order chi connectivity index (χ0) is 14.6. The Balaban J connectivity index is 0.00000361. The molecule has 3 atom stereocenters. The lowest BCUT2D eigenvalue weighted by molar-refractivity contribution is -0.132. The highest BCUT2D eigenvalue weighted by Crippen LogP contribution is 2.27. The molecule has 0 aliphatic heterocycles. The molecule has 1 fully saturated rings. The first kappa shape index (κ1) is 19.7. The highest BCUT2D eigenvalue weighted by atomic mass is 35.5. The molecular formula is C13H27ClN2O3S. The van der Waals surface area contributed by atoms with Gasteiger partial charge in [-0.15, -0.1) is 12.4 Å². The first-order chi connectivity index (χ1) is 8.76. The third-order valence-electron chi connectivity index (χ3n) is 4.14. The van der Waals surface area contributed by atoms with E-state index in [2.05, 4.69) is 0 Å². The van der Waals surface area contributed by atoms with Crippen molar-refractivity contribution in [3.8, 4) is 0 Å². The van der Waals surface area contributed by atoms with Gasteiger partial charge in [0.1, 0.15) is 0 Å². The number of nitrogens with two attached hydrogens (primary N) is 1. The molecule has 5 nitrogen and oxygen atoms in total. The van der Waals surface area contributed by atoms with Crippen LogP contribution in [0.3, 0.4) is 0 Å². The molecule has 0 radical (unpaired) electrons. The van der Waals surface area contributed by atoms with Crippen LogP contribution in [0.2, 0.25) is 0 Å². The highest BCUT2D eigenvalue weighted by molar-refractivity contribution is 7.91. The van der Waals surface area contributed by atoms with Gasteiger partial charge in [-0.25, -0.2) is 8.42 Å². The Hall–Kier alpha value is -0.330. The lowest BCUT2D eigenvalue weighted by atomic mass is 9.99. The fourth-order valence-corrected chi connectivity index (χ4v) is 3.72. The molecule has 0 bridgehead atoms. The summed E-state index contributed by atoms with van der Waals surface area (Å²) in [5.74, 6) is 0.404. The predicted octanol–water partition coefficient (Wildman–Crippen LogP) is 1.21. The Morgan fingerprint density at radius 2 is 2.00 bits per heavy atom. The van der Waals surface area contributed by atoms with Crippen molar-refractivity contribution < 1.29 is 13.2 Å². The van der Waals surface area contributed by atoms with Crippen LogP contribution in [-0.2, 0) is 14.6 Å². The fourth-order valence-electron chi connectivity index (χ4n) is 2.53. The third-order valence-corrected chi connectivity index (χ3v) is 6.01. The smallest absolute Gasteiger partial charge is 0.222 e. The summed E-state index contributed by atoms with van der Waals surface area (Å²) in [6.45, 7) is 3.40. The summed E-state index contributed by atoms with van der Waals surface area (Å²) in [5.41, 5.74) is 5.96. The van der Waals surface area contributed by atoms with Crippen molar-refractivity contribution in [3.63, 3.8) is 0 Å². The Bertz CT molecular complexity index is 414. The summed E-state index contributed by atoms with van der Waals surface area (Å²) in [5, 5.41) is 0. The maximum Gasteiger partial charge on any atom is 0.222 e. The molecule has 0 aromatic heterocycles. The molecule has 0 aromatic carbocycles. The van der Waals surface area contributed by atoms with E-state index < -0.39 is 9.84 Å². The topological polar surface area (TPSA) is 80.5 Å². The second-order valence-electron chi connectivity index (χ2n) is 5.61. The van der Waals surface area contributed by atoms with Crippen LogP contribution in [0.5, 0.6) is 0 Å². The maximum atomic E-state index is 12.1. The number of amides is 1. The molecule has 0 spiro atoms. The van der Waals surface area contributed by atoms with Gasteiger partial charge in [0, 0.05) is 31.3 Å². The van der Waals surface area contributed by atoms with Crippen LogP contribution in [0.15, 0.2) is 0 Å². The Labute approximate surface area is 128 Å². The minimum absolute atomic E-state index is 0. The largest absolute Gasteiger partial charge is 0.342 e. The van der Waals surface area contributed by atoms with E-state index >= 15 is 0 Å². The first-order valence-corrected chi connectivity index (χ1v) is 8.80. The number of halogens is 1. The molecule has 20 heavy (non-hydrogen) atoms. The van der Waals surface area contributed by atoms with Gasteiger partial charge in [0.05, 0.1) is 5.75 Å². The zero-order valence-corrected chi connectivity index (χ0v) is 14.2. The first-order valence-electron chi connectivity index (χ1n) is 6.98. The quantitative estimate of drug-likeness (QED) is 0.795. The van der Waals surface area contributed by atoms with E-state index in [1.165, 1.54) is 0 Å². The molecule has 1 aliphatic carbocycles. The lowest BCUT2D eigenvalue weighted by Crippen LogP contribution is -2.41. The molecule has 2 N–H and O–H groups in total. The van der Waals surface area contributed by atoms with Gasteiger partial charge in [-0.1, -0.05) is 13.3 Å². The van der Waals surface area contributed by atoms with Crippen molar-refractivity contribution in [1.29, 1.82) is 0 Å². The molecule has 120 valence electrons. The van der Waals surface area contributed by atoms with Crippen molar-refractivity contribution in [2.45, 2.75) is 51.6 Å². The predicted molar refractivity (Wildman–Crippen MR) is 83.7 cm³/mol. The number of carbonyl (C=O) groups excluding carboxylic acids is 1. The van der Waals surface area contributed by atoms with Gasteiger partial charge in [-0.05, 0) is 25.7 Å². The molecule has 1 rings (SSSR count). The van der Waals surface area contributed by atoms with Gasteiger partial charge >= 0.3 is 0 Å². The summed E-state index contributed by atoms with van der Waals surface area (Å²) >= 11 is 0. The average Bonchev–Trinajstić information content (AvgIpc) is 2.73. The number of nitrogens with zero attached hydrogens (tertiary/aromatic N) is 1. The van der Waals surface area contributed by atoms with Crippen LogP contribution < -0.4 is 5.73 Å². The van der Waals surface area contributed by atoms with Crippen LogP contribution in [0.1, 0.15) is 39.5 Å². The van der Waals surface area contributed by atoms with E-state index in [-0.39, 0.29) is 47.8 Å². The fraction of sp³-hybridized carbons (Fsp3) is 0.923. The van der Waals surface area contributed by atoms with E-state index in [0.29, 0.717) is 6.42 Å². The minimum atomic E-state index is -3.05. The molecule has 1 saturated carbocycles. The normalized spacial score (nSPS) is 24.0. The summed E-state index contributed by atoms with van der Waals surface area (Å²) in [7, 11) is -1.37. The monoisotopic (exact) mass is 326 g/mol. The Morgan fingerprint density at radius 3 is 2.45 bits per heavy atom. The number of sulfone groups is 1. The van der Waals surface area contributed by atoms with Crippen LogP contribution in [0.25, 0.3) is 0 Å². The Morgan fingerprint density at radius 1 is 1.40 bits per heavy atom. The van der Waals surface area contributed by atoms with Crippen LogP contribution in [-0.4, -0.2) is 49.9 Å². The van der Waals surface area contributed by atoms with E-state index in [1.807, 2.05) is 0 Å². The van der Waals surface area contributed by atoms with Crippen molar-refractivity contribution in [2.75, 3.05) is 18.6 Å². The third kappa shape index (κ3) is 5.58. The summed E-state index contributed by atoms with van der Waals surface area (Å²) in [6, 6.07) is -0.165. The van der Waals surface area contributed by atoms with E-state index in [0.717, 1.165) is 19.3 Å². The standard InChI is InChI=1S/C13H26N2O3S.ClH/c1-4-19(17,18)9-10(2)15(3)13(16)8-11-6-5-7-12(11)14;/h10-12H,4-9,14H2,1-3H3;1H/t10?,11-,12+;/m0./s1. The summed E-state index contributed by atoms with van der Waals surface area (Å²) in [4.78, 5) is 13.7. The molecule has 0 aromatic rings. The van der Waals surface area contributed by atoms with Gasteiger partial charge in [-0.2, -0.15) is 0 Å². The molecular weight excluding hydrogens is 300 g/mol. The molecule has 0 saturated heterocycles. The van der Waals surface area contributed by atoms with Crippen molar-refractivity contribution in [1.82, 2.24) is 4.90 Å². The number of hydrogen-bond acceptors (Lipinski definition) is 4. The second-order valence-corrected chi connectivity index (χ2v) is 8.01. The Kier molecular flexibility index (Phi) is 8.06. The lowest BCUT2D eigenvalue weighted by Gasteiger charge is -2.26. The average molecular weight is 327 g/mol. The van der Waals surface area contributed by atoms with Crippen LogP contribution in [0, 0.1) is 5.92 Å². The highest BCUT2D eigenvalue weighted by Gasteiger charge is 2.29. The number of carbonyl (C=O) groups is 1. The second kappa shape index (κ2) is 8.20. The maximum absolute atomic E-state index is 12.1. The van der Waals surface area contributed by atoms with Crippen molar-refractivity contribution >= 4 is 28.2 Å². The number of rotatable bonds is 6. The number of hydrogen-bond donors (Lipinski definition) is 1. The van der Waals surface area contributed by atoms with Gasteiger partial charge in [0.15, 0.2) is 9.84 Å². The van der Waals surface area contributed by atoms with Gasteiger partial charge in [-0.3, -0.25) is 4.79 Å². The SMILES string of the molecule is CCS(=O)(=O)CC(C)N(C)C(=O)C[C@@H]1CCC[C@H]1N.Cl. The van der Waals surface area contributed by atoms with Crippen molar-refractivity contribution in [2.24, 2.45) is 11.7 Å².